The maximum atomic E-state index is 12.1. The van der Waals surface area contributed by atoms with Crippen LogP contribution in [0.4, 0.5) is 0 Å². The summed E-state index contributed by atoms with van der Waals surface area (Å²) in [5, 5.41) is 3.16. The molecule has 4 nitrogen and oxygen atoms in total. The third kappa shape index (κ3) is 3.45. The van der Waals surface area contributed by atoms with E-state index < -0.39 is 0 Å². The van der Waals surface area contributed by atoms with Gasteiger partial charge in [0.05, 0.1) is 0 Å². The van der Waals surface area contributed by atoms with E-state index in [1.165, 1.54) is 12.8 Å². The van der Waals surface area contributed by atoms with E-state index in [2.05, 4.69) is 17.3 Å². The van der Waals surface area contributed by atoms with Crippen LogP contribution in [0.15, 0.2) is 0 Å². The van der Waals surface area contributed by atoms with Crippen LogP contribution in [0.3, 0.4) is 0 Å². The lowest BCUT2D eigenvalue weighted by atomic mass is 9.94. The molecule has 2 rings (SSSR count). The molecule has 0 bridgehead atoms. The van der Waals surface area contributed by atoms with Crippen LogP contribution in [0.1, 0.15) is 32.1 Å². The van der Waals surface area contributed by atoms with Crippen LogP contribution in [0, 0.1) is 17.8 Å². The zero-order chi connectivity index (χ0) is 13.0. The average molecular weight is 253 g/mol. The van der Waals surface area contributed by atoms with Gasteiger partial charge in [-0.25, -0.2) is 0 Å². The molecule has 0 aromatic rings. The molecule has 1 saturated heterocycles. The fourth-order valence-corrected chi connectivity index (χ4v) is 3.31. The summed E-state index contributed by atoms with van der Waals surface area (Å²) in [7, 11) is 2.17. The van der Waals surface area contributed by atoms with Crippen molar-refractivity contribution in [3.05, 3.63) is 0 Å². The Morgan fingerprint density at radius 3 is 2.67 bits per heavy atom. The molecule has 1 aliphatic carbocycles. The molecule has 0 aromatic carbocycles. The number of nitrogens with two attached hydrogens (primary N) is 1. The molecular weight excluding hydrogens is 226 g/mol. The Labute approximate surface area is 110 Å². The third-order valence-electron chi connectivity index (χ3n) is 4.70. The van der Waals surface area contributed by atoms with Gasteiger partial charge >= 0.3 is 0 Å². The number of carbonyl (C=O) groups excluding carboxylic acids is 1. The second kappa shape index (κ2) is 6.53. The zero-order valence-corrected chi connectivity index (χ0v) is 11.5. The maximum Gasteiger partial charge on any atom is 0.223 e. The molecular formula is C14H27N3O. The fourth-order valence-electron chi connectivity index (χ4n) is 3.31. The van der Waals surface area contributed by atoms with Crippen LogP contribution in [0.2, 0.25) is 0 Å². The highest BCUT2D eigenvalue weighted by atomic mass is 16.1. The topological polar surface area (TPSA) is 58.4 Å². The smallest absolute Gasteiger partial charge is 0.223 e. The quantitative estimate of drug-likeness (QED) is 0.780. The minimum atomic E-state index is 0.182. The van der Waals surface area contributed by atoms with E-state index in [1.54, 1.807) is 0 Å². The molecule has 18 heavy (non-hydrogen) atoms. The summed E-state index contributed by atoms with van der Waals surface area (Å²) in [5.41, 5.74) is 5.73. The highest BCUT2D eigenvalue weighted by molar-refractivity contribution is 5.79. The van der Waals surface area contributed by atoms with E-state index in [0.29, 0.717) is 18.4 Å². The zero-order valence-electron chi connectivity index (χ0n) is 11.5. The molecule has 2 atom stereocenters. The lowest BCUT2D eigenvalue weighted by Crippen LogP contribution is -2.40. The first-order valence-electron chi connectivity index (χ1n) is 7.37. The number of hydrogen-bond donors (Lipinski definition) is 2. The molecule has 3 N–H and O–H groups in total. The number of likely N-dealkylation sites (tertiary alicyclic amines) is 1. The Morgan fingerprint density at radius 1 is 1.28 bits per heavy atom. The molecule has 0 unspecified atom stereocenters. The van der Waals surface area contributed by atoms with Crippen LogP contribution >= 0.6 is 0 Å². The monoisotopic (exact) mass is 253 g/mol. The van der Waals surface area contributed by atoms with Gasteiger partial charge < -0.3 is 16.0 Å². The fraction of sp³-hybridized carbons (Fsp3) is 0.929. The number of nitrogens with zero attached hydrogens (tertiary/aromatic N) is 1. The molecule has 1 heterocycles. The van der Waals surface area contributed by atoms with Crippen molar-refractivity contribution in [2.24, 2.45) is 23.5 Å². The van der Waals surface area contributed by atoms with Gasteiger partial charge in [0, 0.05) is 12.5 Å². The maximum absolute atomic E-state index is 12.1. The van der Waals surface area contributed by atoms with E-state index in [-0.39, 0.29) is 11.8 Å². The third-order valence-corrected chi connectivity index (χ3v) is 4.70. The Bertz CT molecular complexity index is 274. The van der Waals surface area contributed by atoms with Crippen LogP contribution in [0.25, 0.3) is 0 Å². The van der Waals surface area contributed by atoms with Crippen LogP contribution in [-0.4, -0.2) is 44.0 Å². The molecule has 1 aliphatic heterocycles. The largest absolute Gasteiger partial charge is 0.356 e. The molecule has 2 fully saturated rings. The summed E-state index contributed by atoms with van der Waals surface area (Å²) in [6.07, 6.45) is 5.74. The molecule has 104 valence electrons. The summed E-state index contributed by atoms with van der Waals surface area (Å²) in [4.78, 5) is 14.5. The Balaban J connectivity index is 1.71. The number of carbonyl (C=O) groups is 1. The summed E-state index contributed by atoms with van der Waals surface area (Å²) in [6, 6.07) is 0. The SMILES string of the molecule is CN1CCC(CNC(=O)[C@@H]2CCC[C@@H]2CN)CC1. The second-order valence-corrected chi connectivity index (χ2v) is 6.02. The van der Waals surface area contributed by atoms with Gasteiger partial charge in [-0.1, -0.05) is 6.42 Å². The predicted molar refractivity (Wildman–Crippen MR) is 73.1 cm³/mol. The van der Waals surface area contributed by atoms with Gasteiger partial charge in [0.25, 0.3) is 0 Å². The van der Waals surface area contributed by atoms with Gasteiger partial charge in [0.1, 0.15) is 0 Å². The Hall–Kier alpha value is -0.610. The molecule has 1 amide bonds. The Kier molecular flexibility index (Phi) is 5.01. The van der Waals surface area contributed by atoms with Gasteiger partial charge in [-0.3, -0.25) is 4.79 Å². The first-order chi connectivity index (χ1) is 8.70. The van der Waals surface area contributed by atoms with Crippen molar-refractivity contribution in [2.45, 2.75) is 32.1 Å². The molecule has 0 aromatic heterocycles. The van der Waals surface area contributed by atoms with Gasteiger partial charge in [-0.2, -0.15) is 0 Å². The standard InChI is InChI=1S/C14H27N3O/c1-17-7-5-11(6-8-17)10-16-14(18)13-4-2-3-12(13)9-15/h11-13H,2-10,15H2,1H3,(H,16,18)/t12-,13-/m1/s1. The van der Waals surface area contributed by atoms with Gasteiger partial charge in [-0.15, -0.1) is 0 Å². The number of nitrogens with one attached hydrogen (secondary N) is 1. The van der Waals surface area contributed by atoms with Crippen LogP contribution in [-0.2, 0) is 4.79 Å². The van der Waals surface area contributed by atoms with Gasteiger partial charge in [0.15, 0.2) is 0 Å². The lowest BCUT2D eigenvalue weighted by Gasteiger charge is -2.29. The van der Waals surface area contributed by atoms with Crippen molar-refractivity contribution in [2.75, 3.05) is 33.2 Å². The number of rotatable bonds is 4. The van der Waals surface area contributed by atoms with Crippen molar-refractivity contribution in [3.63, 3.8) is 0 Å². The number of amides is 1. The first kappa shape index (κ1) is 13.8. The van der Waals surface area contributed by atoms with E-state index in [1.807, 2.05) is 0 Å². The summed E-state index contributed by atoms with van der Waals surface area (Å²) in [6.45, 7) is 3.84. The minimum Gasteiger partial charge on any atom is -0.356 e. The highest BCUT2D eigenvalue weighted by Gasteiger charge is 2.32. The van der Waals surface area contributed by atoms with Crippen molar-refractivity contribution < 1.29 is 4.79 Å². The van der Waals surface area contributed by atoms with E-state index >= 15 is 0 Å². The summed E-state index contributed by atoms with van der Waals surface area (Å²) < 4.78 is 0. The molecule has 0 spiro atoms. The minimum absolute atomic E-state index is 0.182. The van der Waals surface area contributed by atoms with Crippen LogP contribution < -0.4 is 11.1 Å². The van der Waals surface area contributed by atoms with Gasteiger partial charge in [0.2, 0.25) is 5.91 Å². The van der Waals surface area contributed by atoms with E-state index in [4.69, 9.17) is 5.73 Å². The van der Waals surface area contributed by atoms with Crippen LogP contribution in [0.5, 0.6) is 0 Å². The second-order valence-electron chi connectivity index (χ2n) is 6.02. The Morgan fingerprint density at radius 2 is 2.00 bits per heavy atom. The van der Waals surface area contributed by atoms with Gasteiger partial charge in [-0.05, 0) is 64.2 Å². The van der Waals surface area contributed by atoms with E-state index in [9.17, 15) is 4.79 Å². The molecule has 4 heteroatoms. The van der Waals surface area contributed by atoms with Crippen molar-refractivity contribution in [1.29, 1.82) is 0 Å². The molecule has 0 radical (unpaired) electrons. The van der Waals surface area contributed by atoms with E-state index in [0.717, 1.165) is 38.9 Å². The number of piperidine rings is 1. The summed E-state index contributed by atoms with van der Waals surface area (Å²) in [5.74, 6) is 1.52. The molecule has 2 aliphatic rings. The predicted octanol–water partition coefficient (Wildman–Crippen LogP) is 0.819. The summed E-state index contributed by atoms with van der Waals surface area (Å²) >= 11 is 0. The van der Waals surface area contributed by atoms with Crippen molar-refractivity contribution in [1.82, 2.24) is 10.2 Å². The highest BCUT2D eigenvalue weighted by Crippen LogP contribution is 2.31. The molecule has 1 saturated carbocycles. The van der Waals surface area contributed by atoms with Crippen molar-refractivity contribution >= 4 is 5.91 Å². The average Bonchev–Trinajstić information content (AvgIpc) is 2.86. The first-order valence-corrected chi connectivity index (χ1v) is 7.37. The number of hydrogen-bond acceptors (Lipinski definition) is 3. The lowest BCUT2D eigenvalue weighted by molar-refractivity contribution is -0.126. The normalized spacial score (nSPS) is 30.6. The van der Waals surface area contributed by atoms with Crippen molar-refractivity contribution in [3.8, 4) is 0 Å².